The van der Waals surface area contributed by atoms with E-state index in [0.717, 1.165) is 0 Å². The van der Waals surface area contributed by atoms with Crippen LogP contribution in [-0.2, 0) is 4.74 Å². The minimum absolute atomic E-state index is 0.181. The highest BCUT2D eigenvalue weighted by Gasteiger charge is 2.50. The van der Waals surface area contributed by atoms with Crippen molar-refractivity contribution in [3.05, 3.63) is 32.9 Å². The maximum absolute atomic E-state index is 12.0. The van der Waals surface area contributed by atoms with Gasteiger partial charge in [0.2, 0.25) is 5.82 Å². The molecule has 1 aromatic rings. The van der Waals surface area contributed by atoms with Crippen LogP contribution in [0.4, 0.5) is 4.39 Å². The van der Waals surface area contributed by atoms with Crippen LogP contribution in [0.1, 0.15) is 6.92 Å². The summed E-state index contributed by atoms with van der Waals surface area (Å²) in [5.41, 5.74) is -1.71. The zero-order chi connectivity index (χ0) is 11.6. The van der Waals surface area contributed by atoms with E-state index in [4.69, 9.17) is 16.7 Å². The molecule has 1 aliphatic rings. The van der Waals surface area contributed by atoms with Crippen LogP contribution in [0.15, 0.2) is 15.8 Å². The predicted molar refractivity (Wildman–Crippen MR) is 49.0 cm³/mol. The second kappa shape index (κ2) is 4.13. The monoisotopic (exact) mass is 238 g/mol. The summed E-state index contributed by atoms with van der Waals surface area (Å²) in [5, 5.41) is 7.12. The first kappa shape index (κ1) is 11.9. The smallest absolute Gasteiger partial charge is 0.325 e. The molecule has 1 fully saturated rings. The molecule has 2 unspecified atom stereocenters. The largest absolute Gasteiger partial charge is 0.351 e. The van der Waals surface area contributed by atoms with Crippen molar-refractivity contribution in [1.82, 2.24) is 9.97 Å². The van der Waals surface area contributed by atoms with Gasteiger partial charge in [-0.1, -0.05) is 11.6 Å². The van der Waals surface area contributed by atoms with E-state index >= 15 is 0 Å². The molecule has 0 radical (unpaired) electrons. The Morgan fingerprint density at radius 2 is 2.13 bits per heavy atom. The lowest BCUT2D eigenvalue weighted by molar-refractivity contribution is 0.116. The van der Waals surface area contributed by atoms with Gasteiger partial charge in [-0.25, -0.2) is 4.79 Å². The van der Waals surface area contributed by atoms with Crippen LogP contribution in [0.25, 0.3) is 0 Å². The highest BCUT2D eigenvalue weighted by Crippen LogP contribution is 2.36. The van der Waals surface area contributed by atoms with Crippen molar-refractivity contribution >= 4 is 11.6 Å². The molecule has 0 aliphatic carbocycles. The fraction of sp³-hybridized carbons (Fsp3) is 0.429. The van der Waals surface area contributed by atoms with Gasteiger partial charge in [-0.2, -0.15) is 4.39 Å². The maximum atomic E-state index is 12.0. The van der Waals surface area contributed by atoms with Crippen molar-refractivity contribution in [2.24, 2.45) is 0 Å². The van der Waals surface area contributed by atoms with Gasteiger partial charge in [0.25, 0.3) is 10.8 Å². The van der Waals surface area contributed by atoms with E-state index in [1.54, 1.807) is 11.9 Å². The molecule has 1 aromatic heterocycles. The Hall–Kier alpha value is -1.18. The van der Waals surface area contributed by atoms with Crippen molar-refractivity contribution in [2.45, 2.75) is 18.3 Å². The second-order valence-electron chi connectivity index (χ2n) is 2.79. The first-order valence-corrected chi connectivity index (χ1v) is 4.27. The molecule has 1 aliphatic heterocycles. The summed E-state index contributed by atoms with van der Waals surface area (Å²) in [6, 6.07) is 0. The molecule has 0 amide bonds. The number of epoxide rings is 1. The molecule has 1 saturated heterocycles. The normalized spacial score (nSPS) is 27.9. The summed E-state index contributed by atoms with van der Waals surface area (Å²) in [6.07, 6.45) is 0.528. The van der Waals surface area contributed by atoms with Gasteiger partial charge in [0.15, 0.2) is 0 Å². The number of alkyl halides is 1. The molecule has 0 bridgehead atoms. The third-order valence-corrected chi connectivity index (χ3v) is 1.96. The lowest BCUT2D eigenvalue weighted by Gasteiger charge is -1.81. The van der Waals surface area contributed by atoms with Crippen molar-refractivity contribution in [1.29, 1.82) is 0 Å². The van der Waals surface area contributed by atoms with Gasteiger partial charge >= 0.3 is 5.69 Å². The molecule has 8 heteroatoms. The third kappa shape index (κ3) is 3.46. The van der Waals surface area contributed by atoms with Gasteiger partial charge in [0, 0.05) is 6.20 Å². The number of aliphatic hydroxyl groups is 1. The molecule has 0 aromatic carbocycles. The van der Waals surface area contributed by atoms with Gasteiger partial charge in [0.05, 0.1) is 0 Å². The number of halogens is 2. The van der Waals surface area contributed by atoms with E-state index in [-0.39, 0.29) is 6.10 Å². The van der Waals surface area contributed by atoms with E-state index in [2.05, 4.69) is 4.74 Å². The Morgan fingerprint density at radius 1 is 1.67 bits per heavy atom. The van der Waals surface area contributed by atoms with Gasteiger partial charge in [-0.05, 0) is 6.92 Å². The topological polar surface area (TPSA) is 98.5 Å². The first-order valence-electron chi connectivity index (χ1n) is 3.89. The molecule has 0 saturated carbocycles. The average Bonchev–Trinajstić information content (AvgIpc) is 2.66. The van der Waals surface area contributed by atoms with Gasteiger partial charge in [0.1, 0.15) is 6.10 Å². The molecular weight excluding hydrogens is 231 g/mol. The number of nitrogens with one attached hydrogen (secondary N) is 2. The van der Waals surface area contributed by atoms with Gasteiger partial charge in [-0.3, -0.25) is 9.78 Å². The van der Waals surface area contributed by atoms with Crippen molar-refractivity contribution in [2.75, 3.05) is 0 Å². The average molecular weight is 239 g/mol. The summed E-state index contributed by atoms with van der Waals surface area (Å²) < 4.78 is 16.4. The quantitative estimate of drug-likeness (QED) is 0.419. The van der Waals surface area contributed by atoms with E-state index in [9.17, 15) is 14.0 Å². The van der Waals surface area contributed by atoms with Crippen LogP contribution >= 0.6 is 11.6 Å². The van der Waals surface area contributed by atoms with Gasteiger partial charge in [-0.15, -0.1) is 0 Å². The number of ether oxygens (including phenoxy) is 1. The fourth-order valence-corrected chi connectivity index (χ4v) is 0.741. The van der Waals surface area contributed by atoms with Gasteiger partial charge < -0.3 is 14.8 Å². The summed E-state index contributed by atoms with van der Waals surface area (Å²) >= 11 is 5.12. The number of hydrogen-bond acceptors (Lipinski definition) is 4. The molecule has 2 atom stereocenters. The number of aromatic amines is 2. The van der Waals surface area contributed by atoms with Crippen LogP contribution < -0.4 is 11.2 Å². The van der Waals surface area contributed by atoms with Crippen molar-refractivity contribution in [3.8, 4) is 0 Å². The van der Waals surface area contributed by atoms with E-state index < -0.39 is 22.3 Å². The standard InChI is InChI=1S/C4H3FN2O2.C3H5ClO2/c5-2-1-6-4(9)7-3(2)8;1-2-3(4,5)6-2/h1H,(H2,6,7,8,9);2,5H,1H3. The first-order chi connectivity index (χ1) is 6.83. The van der Waals surface area contributed by atoms with Crippen LogP contribution in [0.3, 0.4) is 0 Å². The number of H-pyrrole nitrogens is 2. The molecule has 6 nitrogen and oxygen atoms in total. The summed E-state index contributed by atoms with van der Waals surface area (Å²) in [7, 11) is 0. The highest BCUT2D eigenvalue weighted by atomic mass is 35.5. The fourth-order valence-electron chi connectivity index (χ4n) is 0.607. The lowest BCUT2D eigenvalue weighted by Crippen LogP contribution is -2.23. The van der Waals surface area contributed by atoms with Crippen LogP contribution in [0.5, 0.6) is 0 Å². The molecule has 2 heterocycles. The SMILES string of the molecule is CC1OC1(O)Cl.O=c1[nH]cc(F)c(=O)[nH]1. The molecule has 2 rings (SSSR count). The molecule has 0 spiro atoms. The van der Waals surface area contributed by atoms with Crippen molar-refractivity contribution < 1.29 is 14.2 Å². The minimum Gasteiger partial charge on any atom is -0.351 e. The molecular formula is C7H8ClFN2O4. The number of hydrogen-bond donors (Lipinski definition) is 3. The van der Waals surface area contributed by atoms with E-state index in [1.807, 2.05) is 4.98 Å². The number of rotatable bonds is 0. The van der Waals surface area contributed by atoms with E-state index in [0.29, 0.717) is 6.20 Å². The Labute approximate surface area is 87.7 Å². The Morgan fingerprint density at radius 3 is 2.40 bits per heavy atom. The summed E-state index contributed by atoms with van der Waals surface area (Å²) in [4.78, 5) is 24.0. The van der Waals surface area contributed by atoms with Crippen molar-refractivity contribution in [3.63, 3.8) is 0 Å². The molecule has 15 heavy (non-hydrogen) atoms. The van der Waals surface area contributed by atoms with Crippen LogP contribution in [0.2, 0.25) is 0 Å². The van der Waals surface area contributed by atoms with Crippen LogP contribution in [0, 0.1) is 5.82 Å². The second-order valence-corrected chi connectivity index (χ2v) is 3.33. The summed E-state index contributed by atoms with van der Waals surface area (Å²) in [5.74, 6) is -0.991. The lowest BCUT2D eigenvalue weighted by atomic mass is 10.5. The molecule has 3 N–H and O–H groups in total. The summed E-state index contributed by atoms with van der Waals surface area (Å²) in [6.45, 7) is 1.70. The maximum Gasteiger partial charge on any atom is 0.325 e. The Kier molecular flexibility index (Phi) is 3.28. The predicted octanol–water partition coefficient (Wildman–Crippen LogP) is -0.508. The zero-order valence-electron chi connectivity index (χ0n) is 7.58. The Bertz CT molecular complexity index is 455. The third-order valence-electron chi connectivity index (χ3n) is 1.56. The van der Waals surface area contributed by atoms with E-state index in [1.165, 1.54) is 0 Å². The minimum atomic E-state index is -1.32. The molecule has 84 valence electrons. The van der Waals surface area contributed by atoms with Crippen LogP contribution in [-0.4, -0.2) is 26.4 Å². The zero-order valence-corrected chi connectivity index (χ0v) is 8.34. The Balaban J connectivity index is 0.000000162. The highest BCUT2D eigenvalue weighted by molar-refractivity contribution is 6.23. The number of aromatic nitrogens is 2.